The van der Waals surface area contributed by atoms with Crippen molar-refractivity contribution >= 4 is 17.1 Å². The van der Waals surface area contributed by atoms with E-state index in [4.69, 9.17) is 28.9 Å². The Bertz CT molecular complexity index is 572. The summed E-state index contributed by atoms with van der Waals surface area (Å²) >= 11 is 0. The molecular formula is C20H38O6Si2. The first kappa shape index (κ1) is 24.0. The molecule has 2 fully saturated rings. The highest BCUT2D eigenvalue weighted by Crippen LogP contribution is 2.48. The third kappa shape index (κ3) is 3.65. The number of hydrogen-bond acceptors (Lipinski definition) is 6. The van der Waals surface area contributed by atoms with Crippen molar-refractivity contribution in [2.75, 3.05) is 13.7 Å². The van der Waals surface area contributed by atoms with Gasteiger partial charge in [0.1, 0.15) is 12.2 Å². The maximum atomic E-state index is 11.2. The van der Waals surface area contributed by atoms with E-state index in [-0.39, 0.29) is 28.8 Å². The van der Waals surface area contributed by atoms with Crippen LogP contribution in [0.15, 0.2) is 0 Å². The van der Waals surface area contributed by atoms with Crippen molar-refractivity contribution in [3.05, 3.63) is 0 Å². The highest BCUT2D eigenvalue weighted by molar-refractivity contribution is 6.84. The Hall–Kier alpha value is -0.246. The Morgan fingerprint density at radius 1 is 1.00 bits per heavy atom. The fourth-order valence-electron chi connectivity index (χ4n) is 4.55. The molecule has 2 heterocycles. The van der Waals surface area contributed by atoms with Gasteiger partial charge in [0.25, 0.3) is 0 Å². The maximum absolute atomic E-state index is 11.2. The first-order valence-electron chi connectivity index (χ1n) is 10.3. The van der Waals surface area contributed by atoms with E-state index in [1.54, 1.807) is 0 Å². The molecule has 4 atom stereocenters. The van der Waals surface area contributed by atoms with E-state index in [9.17, 15) is 5.11 Å². The number of fused-ring (bicyclic) bond motifs is 1. The summed E-state index contributed by atoms with van der Waals surface area (Å²) in [5.41, 5.74) is -0.928. The van der Waals surface area contributed by atoms with Crippen LogP contribution >= 0.6 is 0 Å². The Balaban J connectivity index is 2.63. The number of aliphatic hydroxyl groups is 1. The Labute approximate surface area is 172 Å². The molecule has 0 aromatic carbocycles. The average Bonchev–Trinajstić information content (AvgIpc) is 2.85. The molecule has 0 aromatic heterocycles. The molecule has 2 aliphatic rings. The van der Waals surface area contributed by atoms with Gasteiger partial charge < -0.3 is 27.5 Å². The fourth-order valence-corrected chi connectivity index (χ4v) is 15.8. The quantitative estimate of drug-likeness (QED) is 0.530. The highest BCUT2D eigenvalue weighted by atomic mass is 28.5. The van der Waals surface area contributed by atoms with Crippen molar-refractivity contribution in [1.82, 2.24) is 0 Å². The minimum absolute atomic E-state index is 0.142. The summed E-state index contributed by atoms with van der Waals surface area (Å²) in [5, 5.41) is 11.2. The second-order valence-corrected chi connectivity index (χ2v) is 18.1. The van der Waals surface area contributed by atoms with E-state index in [2.05, 4.69) is 61.3 Å². The third-order valence-electron chi connectivity index (χ3n) is 6.20. The lowest BCUT2D eigenvalue weighted by Crippen LogP contribution is -2.67. The summed E-state index contributed by atoms with van der Waals surface area (Å²) in [7, 11) is -4.04. The zero-order valence-electron chi connectivity index (χ0n) is 18.8. The molecule has 0 amide bonds. The van der Waals surface area contributed by atoms with Gasteiger partial charge in [0.05, 0.1) is 6.61 Å². The van der Waals surface area contributed by atoms with E-state index in [1.165, 1.54) is 7.11 Å². The van der Waals surface area contributed by atoms with Crippen molar-refractivity contribution in [3.8, 4) is 12.3 Å². The van der Waals surface area contributed by atoms with Crippen molar-refractivity contribution in [2.45, 2.75) is 102 Å². The van der Waals surface area contributed by atoms with Crippen LogP contribution in [0.2, 0.25) is 22.2 Å². The number of methoxy groups -OCH3 is 1. The van der Waals surface area contributed by atoms with Crippen LogP contribution in [0.4, 0.5) is 0 Å². The summed E-state index contributed by atoms with van der Waals surface area (Å²) in [6.07, 6.45) is 3.49. The molecule has 0 saturated carbocycles. The first-order valence-corrected chi connectivity index (χ1v) is 14.3. The van der Waals surface area contributed by atoms with Crippen molar-refractivity contribution in [1.29, 1.82) is 0 Å². The lowest BCUT2D eigenvalue weighted by Gasteiger charge is -2.51. The van der Waals surface area contributed by atoms with E-state index < -0.39 is 41.2 Å². The van der Waals surface area contributed by atoms with Gasteiger partial charge in [0.2, 0.25) is 11.9 Å². The molecule has 6 nitrogen and oxygen atoms in total. The van der Waals surface area contributed by atoms with Crippen LogP contribution < -0.4 is 0 Å². The molecule has 0 bridgehead atoms. The van der Waals surface area contributed by atoms with Crippen LogP contribution in [-0.4, -0.2) is 60.0 Å². The second-order valence-electron chi connectivity index (χ2n) is 9.22. The van der Waals surface area contributed by atoms with E-state index in [0.717, 1.165) is 0 Å². The molecule has 0 unspecified atom stereocenters. The molecule has 2 aliphatic heterocycles. The number of hydrogen-bond donors (Lipinski definition) is 1. The third-order valence-corrected chi connectivity index (χ3v) is 16.4. The summed E-state index contributed by atoms with van der Waals surface area (Å²) in [6, 6.07) is 0. The standard InChI is InChI=1S/C20H38O6Si2/c1-11-20(21)18-17(24-19(20)22-10)12-23-27(13(2)3,14(4)5)26-28(25-18,15(6)7)16(8)9/h1,13-19,21H,12H2,2-10H3/t17-,18-,19+,20-/m1/s1. The van der Waals surface area contributed by atoms with Gasteiger partial charge in [-0.05, 0) is 22.2 Å². The Kier molecular flexibility index (Phi) is 7.27. The van der Waals surface area contributed by atoms with Gasteiger partial charge >= 0.3 is 17.1 Å². The van der Waals surface area contributed by atoms with Gasteiger partial charge in [-0.1, -0.05) is 61.3 Å². The SMILES string of the molecule is C#C[C@]1(O)[C@@H](OC)O[C@@H]2CO[Si](C(C)C)(C(C)C)O[Si](C(C)C)(C(C)C)O[C@H]21. The summed E-state index contributed by atoms with van der Waals surface area (Å²) in [5.74, 6) is 2.47. The number of terminal acetylenes is 1. The van der Waals surface area contributed by atoms with Crippen LogP contribution in [-0.2, 0) is 22.4 Å². The van der Waals surface area contributed by atoms with Gasteiger partial charge in [0.15, 0.2) is 0 Å². The highest BCUT2D eigenvalue weighted by Gasteiger charge is 2.65. The van der Waals surface area contributed by atoms with Gasteiger partial charge in [-0.25, -0.2) is 0 Å². The molecule has 0 aliphatic carbocycles. The molecule has 2 saturated heterocycles. The van der Waals surface area contributed by atoms with Crippen LogP contribution in [0.3, 0.4) is 0 Å². The fraction of sp³-hybridized carbons (Fsp3) is 0.900. The minimum Gasteiger partial charge on any atom is -0.414 e. The predicted molar refractivity (Wildman–Crippen MR) is 113 cm³/mol. The van der Waals surface area contributed by atoms with Crippen LogP contribution in [0.1, 0.15) is 55.4 Å². The first-order chi connectivity index (χ1) is 12.9. The van der Waals surface area contributed by atoms with Gasteiger partial charge in [-0.3, -0.25) is 0 Å². The topological polar surface area (TPSA) is 66.4 Å². The zero-order valence-corrected chi connectivity index (χ0v) is 20.8. The Morgan fingerprint density at radius 3 is 1.89 bits per heavy atom. The number of ether oxygens (including phenoxy) is 2. The molecule has 0 aromatic rings. The van der Waals surface area contributed by atoms with Crippen LogP contribution in [0.5, 0.6) is 0 Å². The maximum Gasteiger partial charge on any atom is 0.335 e. The molecule has 0 radical (unpaired) electrons. The monoisotopic (exact) mass is 430 g/mol. The molecule has 0 spiro atoms. The molecule has 8 heteroatoms. The molecule has 2 rings (SSSR count). The van der Waals surface area contributed by atoms with Crippen molar-refractivity contribution in [2.24, 2.45) is 0 Å². The lowest BCUT2D eigenvalue weighted by molar-refractivity contribution is -0.172. The Morgan fingerprint density at radius 2 is 1.50 bits per heavy atom. The molecular weight excluding hydrogens is 392 g/mol. The van der Waals surface area contributed by atoms with Crippen molar-refractivity contribution < 1.29 is 27.5 Å². The van der Waals surface area contributed by atoms with E-state index in [0.29, 0.717) is 0 Å². The largest absolute Gasteiger partial charge is 0.414 e. The number of rotatable bonds is 5. The molecule has 28 heavy (non-hydrogen) atoms. The van der Waals surface area contributed by atoms with Gasteiger partial charge in [0, 0.05) is 7.11 Å². The van der Waals surface area contributed by atoms with Gasteiger partial charge in [-0.2, -0.15) is 0 Å². The second kappa shape index (κ2) is 8.48. The summed E-state index contributed by atoms with van der Waals surface area (Å²) < 4.78 is 31.8. The van der Waals surface area contributed by atoms with Crippen LogP contribution in [0.25, 0.3) is 0 Å². The summed E-state index contributed by atoms with van der Waals surface area (Å²) in [4.78, 5) is 0. The molecule has 162 valence electrons. The van der Waals surface area contributed by atoms with Gasteiger partial charge in [-0.15, -0.1) is 6.42 Å². The lowest BCUT2D eigenvalue weighted by atomic mass is 9.96. The van der Waals surface area contributed by atoms with Crippen molar-refractivity contribution in [3.63, 3.8) is 0 Å². The average molecular weight is 431 g/mol. The van der Waals surface area contributed by atoms with Crippen LogP contribution in [0, 0.1) is 12.3 Å². The smallest absolute Gasteiger partial charge is 0.335 e. The summed E-state index contributed by atoms with van der Waals surface area (Å²) in [6.45, 7) is 17.4. The molecule has 1 N–H and O–H groups in total. The predicted octanol–water partition coefficient (Wildman–Crippen LogP) is 3.68. The zero-order chi connectivity index (χ0) is 21.5. The van der Waals surface area contributed by atoms with E-state index >= 15 is 0 Å². The van der Waals surface area contributed by atoms with E-state index in [1.807, 2.05) is 0 Å². The minimum atomic E-state index is -2.87. The normalized spacial score (nSPS) is 35.1.